The van der Waals surface area contributed by atoms with Crippen molar-refractivity contribution in [1.29, 1.82) is 0 Å². The number of ether oxygens (including phenoxy) is 2. The van der Waals surface area contributed by atoms with E-state index in [-0.39, 0.29) is 12.5 Å². The Bertz CT molecular complexity index is 763. The van der Waals surface area contributed by atoms with Crippen LogP contribution in [0.25, 0.3) is 10.8 Å². The molecule has 0 aromatic heterocycles. The van der Waals surface area contributed by atoms with E-state index in [1.165, 1.54) is 0 Å². The van der Waals surface area contributed by atoms with Crippen molar-refractivity contribution in [3.63, 3.8) is 0 Å². The molecular weight excluding hydrogens is 318 g/mol. The molecule has 1 aliphatic rings. The second-order valence-electron chi connectivity index (χ2n) is 6.23. The molecule has 0 aliphatic carbocycles. The molecule has 2 aromatic rings. The molecule has 1 fully saturated rings. The van der Waals surface area contributed by atoms with E-state index in [1.807, 2.05) is 24.3 Å². The molecule has 132 valence electrons. The van der Waals surface area contributed by atoms with Gasteiger partial charge in [0.05, 0.1) is 12.7 Å². The summed E-state index contributed by atoms with van der Waals surface area (Å²) in [5.74, 6) is 0.0999. The average molecular weight is 341 g/mol. The molecule has 1 amide bonds. The van der Waals surface area contributed by atoms with E-state index < -0.39 is 5.97 Å². The Morgan fingerprint density at radius 2 is 1.64 bits per heavy atom. The minimum absolute atomic E-state index is 0.118. The lowest BCUT2D eigenvalue weighted by Crippen LogP contribution is -2.35. The number of methoxy groups -OCH3 is 1. The largest absolute Gasteiger partial charge is 0.496 e. The highest BCUT2D eigenvalue weighted by molar-refractivity contribution is 6.06. The van der Waals surface area contributed by atoms with Crippen LogP contribution in [-0.2, 0) is 9.53 Å². The van der Waals surface area contributed by atoms with E-state index in [9.17, 15) is 9.59 Å². The van der Waals surface area contributed by atoms with Gasteiger partial charge in [-0.15, -0.1) is 0 Å². The zero-order valence-electron chi connectivity index (χ0n) is 14.5. The van der Waals surface area contributed by atoms with E-state index >= 15 is 0 Å². The predicted molar refractivity (Wildman–Crippen MR) is 95.8 cm³/mol. The molecule has 0 radical (unpaired) electrons. The Labute approximate surface area is 147 Å². The summed E-state index contributed by atoms with van der Waals surface area (Å²) in [6, 6.07) is 10.9. The minimum Gasteiger partial charge on any atom is -0.496 e. The van der Waals surface area contributed by atoms with Gasteiger partial charge in [0.15, 0.2) is 6.61 Å². The van der Waals surface area contributed by atoms with Gasteiger partial charge < -0.3 is 14.4 Å². The molecule has 3 rings (SSSR count). The Hall–Kier alpha value is -2.56. The molecule has 5 heteroatoms. The molecule has 0 saturated carbocycles. The van der Waals surface area contributed by atoms with Crippen molar-refractivity contribution in [2.24, 2.45) is 0 Å². The van der Waals surface area contributed by atoms with Gasteiger partial charge in [0.1, 0.15) is 5.75 Å². The summed E-state index contributed by atoms with van der Waals surface area (Å²) in [6.07, 6.45) is 4.34. The van der Waals surface area contributed by atoms with Crippen molar-refractivity contribution in [2.75, 3.05) is 26.8 Å². The predicted octanol–water partition coefficient (Wildman–Crippen LogP) is 3.41. The molecule has 1 aliphatic heterocycles. The lowest BCUT2D eigenvalue weighted by molar-refractivity contribution is -0.134. The summed E-state index contributed by atoms with van der Waals surface area (Å²) in [5, 5.41) is 1.60. The number of amides is 1. The van der Waals surface area contributed by atoms with Gasteiger partial charge in [-0.25, -0.2) is 4.79 Å². The number of benzene rings is 2. The number of fused-ring (bicyclic) bond motifs is 1. The number of carbonyl (C=O) groups is 2. The first-order chi connectivity index (χ1) is 12.2. The first-order valence-corrected chi connectivity index (χ1v) is 8.71. The van der Waals surface area contributed by atoms with Crippen LogP contribution in [0.1, 0.15) is 36.0 Å². The quantitative estimate of drug-likeness (QED) is 0.800. The Balaban J connectivity index is 1.71. The van der Waals surface area contributed by atoms with Gasteiger partial charge in [-0.1, -0.05) is 37.1 Å². The third-order valence-corrected chi connectivity index (χ3v) is 4.61. The van der Waals surface area contributed by atoms with E-state index in [0.717, 1.165) is 49.5 Å². The first-order valence-electron chi connectivity index (χ1n) is 8.71. The van der Waals surface area contributed by atoms with Crippen LogP contribution >= 0.6 is 0 Å². The zero-order valence-corrected chi connectivity index (χ0v) is 14.5. The van der Waals surface area contributed by atoms with Gasteiger partial charge in [-0.3, -0.25) is 4.79 Å². The summed E-state index contributed by atoms with van der Waals surface area (Å²) >= 11 is 0. The Kier molecular flexibility index (Phi) is 5.53. The highest BCUT2D eigenvalue weighted by Gasteiger charge is 2.19. The number of likely N-dealkylation sites (tertiary alicyclic amines) is 1. The maximum atomic E-state index is 12.5. The Morgan fingerprint density at radius 3 is 2.32 bits per heavy atom. The van der Waals surface area contributed by atoms with Crippen LogP contribution < -0.4 is 4.74 Å². The number of hydrogen-bond donors (Lipinski definition) is 0. The molecular formula is C20H23NO4. The third kappa shape index (κ3) is 3.92. The van der Waals surface area contributed by atoms with Crippen molar-refractivity contribution in [1.82, 2.24) is 4.90 Å². The molecule has 2 aromatic carbocycles. The van der Waals surface area contributed by atoms with E-state index in [4.69, 9.17) is 9.47 Å². The fourth-order valence-corrected chi connectivity index (χ4v) is 3.24. The van der Waals surface area contributed by atoms with Gasteiger partial charge in [0, 0.05) is 18.5 Å². The molecule has 0 spiro atoms. The summed E-state index contributed by atoms with van der Waals surface area (Å²) in [4.78, 5) is 26.6. The zero-order chi connectivity index (χ0) is 17.6. The van der Waals surface area contributed by atoms with Crippen LogP contribution in [0.4, 0.5) is 0 Å². The highest BCUT2D eigenvalue weighted by Crippen LogP contribution is 2.28. The lowest BCUT2D eigenvalue weighted by atomic mass is 10.0. The maximum Gasteiger partial charge on any atom is 0.339 e. The molecule has 1 heterocycles. The van der Waals surface area contributed by atoms with Crippen LogP contribution in [0.15, 0.2) is 36.4 Å². The number of carbonyl (C=O) groups excluding carboxylic acids is 2. The van der Waals surface area contributed by atoms with E-state index in [1.54, 1.807) is 24.1 Å². The monoisotopic (exact) mass is 341 g/mol. The summed E-state index contributed by atoms with van der Waals surface area (Å²) in [7, 11) is 1.60. The van der Waals surface area contributed by atoms with Crippen LogP contribution in [0.5, 0.6) is 5.75 Å². The number of nitrogens with zero attached hydrogens (tertiary/aromatic N) is 1. The van der Waals surface area contributed by atoms with Crippen molar-refractivity contribution < 1.29 is 19.1 Å². The van der Waals surface area contributed by atoms with Crippen LogP contribution in [0.2, 0.25) is 0 Å². The average Bonchev–Trinajstić information content (AvgIpc) is 2.94. The third-order valence-electron chi connectivity index (χ3n) is 4.61. The standard InChI is InChI=1S/C20H23NO4/c1-24-18-11-10-17(15-8-4-5-9-16(15)18)20(23)25-14-19(22)21-12-6-2-3-7-13-21/h4-5,8-11H,2-3,6-7,12-14H2,1H3. The maximum absolute atomic E-state index is 12.5. The number of rotatable bonds is 4. The highest BCUT2D eigenvalue weighted by atomic mass is 16.5. The summed E-state index contributed by atoms with van der Waals surface area (Å²) < 4.78 is 10.6. The minimum atomic E-state index is -0.484. The summed E-state index contributed by atoms with van der Waals surface area (Å²) in [6.45, 7) is 1.29. The SMILES string of the molecule is COc1ccc(C(=O)OCC(=O)N2CCCCCC2)c2ccccc12. The van der Waals surface area contributed by atoms with Gasteiger partial charge in [-0.2, -0.15) is 0 Å². The fourth-order valence-electron chi connectivity index (χ4n) is 3.24. The second-order valence-corrected chi connectivity index (χ2v) is 6.23. The first kappa shape index (κ1) is 17.3. The van der Waals surface area contributed by atoms with Crippen LogP contribution in [0.3, 0.4) is 0 Å². The molecule has 0 bridgehead atoms. The smallest absolute Gasteiger partial charge is 0.339 e. The van der Waals surface area contributed by atoms with Gasteiger partial charge in [0.25, 0.3) is 5.91 Å². The lowest BCUT2D eigenvalue weighted by Gasteiger charge is -2.20. The van der Waals surface area contributed by atoms with Crippen LogP contribution in [0, 0.1) is 0 Å². The van der Waals surface area contributed by atoms with Gasteiger partial charge in [-0.05, 0) is 30.4 Å². The number of esters is 1. The van der Waals surface area contributed by atoms with Gasteiger partial charge >= 0.3 is 5.97 Å². The van der Waals surface area contributed by atoms with E-state index in [0.29, 0.717) is 11.3 Å². The van der Waals surface area contributed by atoms with Crippen molar-refractivity contribution in [3.8, 4) is 5.75 Å². The number of hydrogen-bond acceptors (Lipinski definition) is 4. The van der Waals surface area contributed by atoms with Crippen molar-refractivity contribution in [2.45, 2.75) is 25.7 Å². The molecule has 1 saturated heterocycles. The molecule has 5 nitrogen and oxygen atoms in total. The van der Waals surface area contributed by atoms with Gasteiger partial charge in [0.2, 0.25) is 0 Å². The topological polar surface area (TPSA) is 55.8 Å². The molecule has 25 heavy (non-hydrogen) atoms. The molecule has 0 atom stereocenters. The van der Waals surface area contributed by atoms with E-state index in [2.05, 4.69) is 0 Å². The second kappa shape index (κ2) is 8.01. The Morgan fingerprint density at radius 1 is 0.960 bits per heavy atom. The summed E-state index contributed by atoms with van der Waals surface area (Å²) in [5.41, 5.74) is 0.445. The fraction of sp³-hybridized carbons (Fsp3) is 0.400. The van der Waals surface area contributed by atoms with Crippen molar-refractivity contribution >= 4 is 22.6 Å². The molecule has 0 unspecified atom stereocenters. The normalized spacial score (nSPS) is 14.8. The molecule has 0 N–H and O–H groups in total. The van der Waals surface area contributed by atoms with Crippen molar-refractivity contribution in [3.05, 3.63) is 42.0 Å². The van der Waals surface area contributed by atoms with Crippen LogP contribution in [-0.4, -0.2) is 43.6 Å².